The van der Waals surface area contributed by atoms with Gasteiger partial charge in [0.2, 0.25) is 47.3 Å². The molecule has 8 heterocycles. The molecule has 143 heavy (non-hydrogen) atoms. The highest BCUT2D eigenvalue weighted by Gasteiger charge is 2.54. The third-order valence-corrected chi connectivity index (χ3v) is 22.2. The number of hydrogen-bond donors (Lipinski definition) is 10. The summed E-state index contributed by atoms with van der Waals surface area (Å²) < 4.78 is 118. The van der Waals surface area contributed by atoms with Crippen molar-refractivity contribution < 1.29 is 129 Å². The predicted molar refractivity (Wildman–Crippen MR) is 514 cm³/mol. The van der Waals surface area contributed by atoms with E-state index in [0.717, 1.165) is 39.1 Å². The number of fused-ring (bicyclic) bond motifs is 9. The molecule has 1 unspecified atom stereocenters. The highest BCUT2D eigenvalue weighted by atomic mass is 16.6. The number of ketones is 1. The largest absolute Gasteiger partial charge is 0.508 e. The lowest BCUT2D eigenvalue weighted by Gasteiger charge is -2.36. The summed E-state index contributed by atoms with van der Waals surface area (Å²) >= 11 is 0. The normalized spacial score (nSPS) is 13.0. The number of esters is 1. The van der Waals surface area contributed by atoms with Gasteiger partial charge in [0.15, 0.2) is 27.9 Å². The zero-order chi connectivity index (χ0) is 99.5. The number of aromatic hydroxyl groups is 2. The maximum Gasteiger partial charge on any atom is 0.340 e. The number of phenolic OH excluding ortho intramolecular Hbond substituents is 2. The van der Waals surface area contributed by atoms with Crippen LogP contribution in [-0.2, 0) is 142 Å². The van der Waals surface area contributed by atoms with Crippen molar-refractivity contribution in [1.29, 1.82) is 0 Å². The summed E-state index contributed by atoms with van der Waals surface area (Å²) in [5, 5.41) is 30.0. The zero-order valence-electron chi connectivity index (χ0n) is 79.2. The number of nitrogens with two attached hydrogens (primary N) is 3. The van der Waals surface area contributed by atoms with Crippen molar-refractivity contribution in [1.82, 2.24) is 65.8 Å². The smallest absolute Gasteiger partial charge is 0.340 e. The molecule has 762 valence electrons. The molecule has 3 aliphatic rings. The maximum absolute atomic E-state index is 15.2. The number of nitrogens with zero attached hydrogens (tertiary/aromatic N) is 9. The number of aromatic amines is 2. The number of hydrogen-bond acceptors (Lipinski definition) is 39. The molecule has 44 nitrogen and oxygen atoms in total. The van der Waals surface area contributed by atoms with Crippen molar-refractivity contribution in [2.24, 2.45) is 4.99 Å². The Morgan fingerprint density at radius 1 is 0.406 bits per heavy atom. The molecule has 5 aromatic heterocycles. The molecule has 1 atom stereocenters. The number of aromatic nitrogens is 10. The van der Waals surface area contributed by atoms with Gasteiger partial charge in [0.25, 0.3) is 5.91 Å². The molecule has 14 rings (SSSR count). The van der Waals surface area contributed by atoms with E-state index in [1.807, 2.05) is 72.8 Å². The predicted octanol–water partition coefficient (Wildman–Crippen LogP) is 7.60. The third kappa shape index (κ3) is 32.4. The molecule has 0 aliphatic carbocycles. The number of nitrogen functional groups attached to an aromatic ring is 3. The van der Waals surface area contributed by atoms with Crippen molar-refractivity contribution in [3.63, 3.8) is 0 Å². The minimum absolute atomic E-state index is 0.0171. The number of carbonyl (C=O) groups excluding carboxylic acids is 5. The number of imidazole rings is 2. The molecule has 0 fully saturated rings. The van der Waals surface area contributed by atoms with Crippen LogP contribution in [0.2, 0.25) is 0 Å². The summed E-state index contributed by atoms with van der Waals surface area (Å²) in [7, 11) is 0. The van der Waals surface area contributed by atoms with Crippen LogP contribution in [0.3, 0.4) is 0 Å². The van der Waals surface area contributed by atoms with Crippen LogP contribution in [0.4, 0.5) is 23.5 Å². The van der Waals surface area contributed by atoms with Gasteiger partial charge in [0.1, 0.15) is 59.8 Å². The minimum Gasteiger partial charge on any atom is -0.508 e. The van der Waals surface area contributed by atoms with Crippen LogP contribution in [0.5, 0.6) is 40.6 Å². The number of anilines is 3. The maximum atomic E-state index is 15.2. The first-order chi connectivity index (χ1) is 70.0. The van der Waals surface area contributed by atoms with E-state index in [1.165, 1.54) is 55.1 Å². The fraction of sp³-hybridized carbons (Fsp3) is 0.434. The Bertz CT molecular complexity index is 5700. The number of aliphatic imine (C=N–C) groups is 1. The molecular formula is C99H119N17O27. The van der Waals surface area contributed by atoms with Gasteiger partial charge >= 0.3 is 5.97 Å². The lowest BCUT2D eigenvalue weighted by Crippen LogP contribution is -2.58. The first-order valence-corrected chi connectivity index (χ1v) is 47.0. The van der Waals surface area contributed by atoms with Crippen LogP contribution in [0.1, 0.15) is 109 Å². The molecule has 13 N–H and O–H groups in total. The Morgan fingerprint density at radius 2 is 0.797 bits per heavy atom. The van der Waals surface area contributed by atoms with E-state index in [9.17, 15) is 29.4 Å². The lowest BCUT2D eigenvalue weighted by atomic mass is 9.77. The molecule has 1 spiro atoms. The Balaban J connectivity index is 0.512. The summed E-state index contributed by atoms with van der Waals surface area (Å²) in [4.78, 5) is 113. The number of ether oxygens (including phenoxy) is 20. The topological polar surface area (TPSA) is 572 Å². The molecule has 11 aromatic rings. The molecule has 0 saturated heterocycles. The van der Waals surface area contributed by atoms with Gasteiger partial charge in [0.05, 0.1) is 216 Å². The van der Waals surface area contributed by atoms with E-state index in [1.54, 1.807) is 18.3 Å². The van der Waals surface area contributed by atoms with E-state index < -0.39 is 23.0 Å². The van der Waals surface area contributed by atoms with Gasteiger partial charge < -0.3 is 148 Å². The van der Waals surface area contributed by atoms with Crippen LogP contribution in [-0.4, -0.2) is 293 Å². The van der Waals surface area contributed by atoms with Crippen molar-refractivity contribution >= 4 is 81.5 Å². The minimum atomic E-state index is -1.73. The quantitative estimate of drug-likeness (QED) is 0.0129. The van der Waals surface area contributed by atoms with Crippen molar-refractivity contribution in [2.75, 3.05) is 209 Å². The van der Waals surface area contributed by atoms with Gasteiger partial charge in [-0.1, -0.05) is 72.8 Å². The number of Topliss-reactive ketones (excluding diaryl/α,β-unsaturated/α-hetero) is 1. The van der Waals surface area contributed by atoms with E-state index >= 15 is 4.79 Å². The second kappa shape index (κ2) is 55.7. The summed E-state index contributed by atoms with van der Waals surface area (Å²) in [5.41, 5.74) is 24.3. The van der Waals surface area contributed by atoms with Gasteiger partial charge in [-0.2, -0.15) is 24.9 Å². The number of nitrogens with one attached hydrogen (secondary N) is 5. The standard InChI is InChI=1S/C99H119N17O27/c100-95-110-80-21-25-105-85(80)91(113-95)139-58-69-9-3-66(4-10-69)55-133-50-47-131-44-41-128-38-35-125-32-26-103-83(120)23-30-137-62-98(116-90(122)72-15-18-76-79(52-72)99(143-94(76)123)77-19-16-74(118)53-81(77)142-82-54-75(119)17-20-78(82)99,61-136-29-22-73(117)2-1-28-124-34-37-127-40-43-130-46-49-134-56-67-5-11-70(12-6-67)59-140-92-86-88(108-64-106-86)111-96(101)114-92)63-138-31-24-84(121)104-27-33-126-36-39-129-42-45-132-48-51-135-57-68-7-13-71(14-8-68)60-141-93-87-89(109-65-107-87)112-97(102)115-93/h3-20,25,52-54,64-65,118-119H,1-2,21-24,26-51,55-63H2,(H,103,120)(H,104,121)(H,116,122)(H2,100,110,113)(H3,101,106,108,111,114)(H3,102,107,109,112,115). The van der Waals surface area contributed by atoms with Crippen LogP contribution in [0.25, 0.3) is 22.3 Å². The Kier molecular flexibility index (Phi) is 40.9. The fourth-order valence-corrected chi connectivity index (χ4v) is 15.0. The second-order valence-electron chi connectivity index (χ2n) is 32.9. The van der Waals surface area contributed by atoms with Crippen molar-refractivity contribution in [3.8, 4) is 40.6 Å². The second-order valence-corrected chi connectivity index (χ2v) is 32.9. The van der Waals surface area contributed by atoms with E-state index in [0.29, 0.717) is 189 Å². The molecule has 0 bridgehead atoms. The molecule has 0 radical (unpaired) electrons. The first kappa shape index (κ1) is 105. The van der Waals surface area contributed by atoms with E-state index in [4.69, 9.17) is 112 Å². The Morgan fingerprint density at radius 3 is 1.24 bits per heavy atom. The summed E-state index contributed by atoms with van der Waals surface area (Å²) in [6.45, 7) is 7.62. The van der Waals surface area contributed by atoms with Crippen LogP contribution in [0.15, 0.2) is 145 Å². The van der Waals surface area contributed by atoms with E-state index in [2.05, 4.69) is 70.8 Å². The van der Waals surface area contributed by atoms with Gasteiger partial charge in [0, 0.05) is 92.4 Å². The lowest BCUT2D eigenvalue weighted by molar-refractivity contribution is -0.123. The van der Waals surface area contributed by atoms with Crippen molar-refractivity contribution in [3.05, 3.63) is 207 Å². The van der Waals surface area contributed by atoms with Gasteiger partial charge in [-0.3, -0.25) is 24.2 Å². The molecule has 0 saturated carbocycles. The highest BCUT2D eigenvalue weighted by molar-refractivity contribution is 6.01. The molecule has 6 aromatic carbocycles. The SMILES string of the molecule is Nc1nc2c(c(OCc3ccc(COCCOCCOCCOCCNC(=O)CCOCC(COCCC(=O)CCCOCCOCCOCCOCc4ccc(COc5nc(N)nc6[nH]cnc56)cc4)(COCCC(=O)NCCOCCOCCOCCOCc4ccc(COc5nc(N)nc6[nH]cnc56)cc4)NC(=O)c4ccc5c(c4)C4(OC5=O)c5ccc(O)cc5Oc5cc(O)ccc54)cc3)n1)N=CC2. The number of phenols is 2. The van der Waals surface area contributed by atoms with Crippen molar-refractivity contribution in [2.45, 2.75) is 89.3 Å². The number of rotatable bonds is 69. The Hall–Kier alpha value is -13.7. The van der Waals surface area contributed by atoms with Gasteiger partial charge in [-0.05, 0) is 82.3 Å². The fourth-order valence-electron chi connectivity index (χ4n) is 15.0. The van der Waals surface area contributed by atoms with Gasteiger partial charge in [-0.15, -0.1) is 0 Å². The third-order valence-electron chi connectivity index (χ3n) is 22.2. The zero-order valence-corrected chi connectivity index (χ0v) is 79.2. The molecule has 44 heteroatoms. The van der Waals surface area contributed by atoms with Crippen LogP contribution in [0, 0.1) is 0 Å². The highest BCUT2D eigenvalue weighted by Crippen LogP contribution is 2.57. The van der Waals surface area contributed by atoms with Crippen LogP contribution < -0.4 is 52.1 Å². The first-order valence-electron chi connectivity index (χ1n) is 47.0. The van der Waals surface area contributed by atoms with Gasteiger partial charge in [-0.25, -0.2) is 19.7 Å². The summed E-state index contributed by atoms with van der Waals surface area (Å²) in [6.07, 6.45) is 5.69. The monoisotopic (exact) mass is 1980 g/mol. The van der Waals surface area contributed by atoms with Crippen LogP contribution >= 0.6 is 0 Å². The average Bonchev–Trinajstić information content (AvgIpc) is 1.57. The molecule has 3 amide bonds. The number of carbonyl (C=O) groups is 5. The number of amides is 3. The number of H-pyrrole nitrogens is 2. The average molecular weight is 1980 g/mol. The molecular weight excluding hydrogens is 1860 g/mol. The summed E-state index contributed by atoms with van der Waals surface area (Å²) in [5.74, 6) is -1.07. The molecule has 3 aliphatic heterocycles. The Labute approximate surface area is 823 Å². The number of benzene rings is 6. The van der Waals surface area contributed by atoms with E-state index in [-0.39, 0.29) is 213 Å². The summed E-state index contributed by atoms with van der Waals surface area (Å²) in [6, 6.07) is 36.5.